The third kappa shape index (κ3) is 5.48. The number of hydrogen-bond acceptors (Lipinski definition) is 8. The molecular weight excluding hydrogens is 482 g/mol. The van der Waals surface area contributed by atoms with Crippen LogP contribution >= 0.6 is 11.6 Å². The number of alkyl halides is 2. The molecule has 4 aromatic heterocycles. The first-order chi connectivity index (χ1) is 16.7. The molecule has 4 heterocycles. The van der Waals surface area contributed by atoms with Gasteiger partial charge in [0, 0.05) is 38.1 Å². The lowest BCUT2D eigenvalue weighted by atomic mass is 10.2. The second-order valence-electron chi connectivity index (χ2n) is 7.72. The highest BCUT2D eigenvalue weighted by molar-refractivity contribution is 6.29. The molecule has 0 spiro atoms. The normalized spacial score (nSPS) is 12.2. The van der Waals surface area contributed by atoms with E-state index in [0.29, 0.717) is 63.5 Å². The van der Waals surface area contributed by atoms with Gasteiger partial charge in [-0.2, -0.15) is 19.0 Å². The number of aromatic nitrogens is 7. The van der Waals surface area contributed by atoms with Crippen molar-refractivity contribution in [3.63, 3.8) is 0 Å². The Balaban J connectivity index is 1.46. The number of nitrogens with two attached hydrogens (primary N) is 1. The summed E-state index contributed by atoms with van der Waals surface area (Å²) < 4.78 is 40.1. The zero-order valence-electron chi connectivity index (χ0n) is 19.2. The third-order valence-electron chi connectivity index (χ3n) is 5.08. The standard InChI is InChI=1S/C22H23ClF2N8O2/c1-12(35-16-10-17(23)28-11-14(16)15-5-8-33(31-15)22(24)25)6-9-34-21-19(13(2)30-32(21)3)20-27-7-4-18(26)29-20/h4-5,7-8,10-12,22H,6,9H2,1-3H3,(H2,26,27,29)/t12-/m0/s1. The van der Waals surface area contributed by atoms with Crippen LogP contribution in [0.15, 0.2) is 36.8 Å². The van der Waals surface area contributed by atoms with Crippen molar-refractivity contribution >= 4 is 17.4 Å². The van der Waals surface area contributed by atoms with E-state index in [1.54, 1.807) is 24.0 Å². The number of halogens is 3. The van der Waals surface area contributed by atoms with Gasteiger partial charge in [0.15, 0.2) is 5.82 Å². The average molecular weight is 505 g/mol. The maximum absolute atomic E-state index is 12.9. The summed E-state index contributed by atoms with van der Waals surface area (Å²) in [5, 5.41) is 8.50. The molecule has 13 heteroatoms. The number of hydrogen-bond donors (Lipinski definition) is 1. The molecule has 0 aliphatic carbocycles. The molecule has 0 aromatic carbocycles. The molecule has 0 aliphatic heterocycles. The predicted octanol–water partition coefficient (Wildman–Crippen LogP) is 4.31. The van der Waals surface area contributed by atoms with Gasteiger partial charge in [-0.25, -0.2) is 24.3 Å². The summed E-state index contributed by atoms with van der Waals surface area (Å²) in [5.74, 6) is 1.65. The van der Waals surface area contributed by atoms with E-state index in [9.17, 15) is 8.78 Å². The number of rotatable bonds is 9. The maximum Gasteiger partial charge on any atom is 0.333 e. The van der Waals surface area contributed by atoms with Crippen LogP contribution in [-0.2, 0) is 7.05 Å². The fraction of sp³-hybridized carbons (Fsp3) is 0.318. The first-order valence-corrected chi connectivity index (χ1v) is 11.0. The molecule has 0 bridgehead atoms. The summed E-state index contributed by atoms with van der Waals surface area (Å²) in [6.07, 6.45) is 4.38. The minimum absolute atomic E-state index is 0.206. The largest absolute Gasteiger partial charge is 0.490 e. The van der Waals surface area contributed by atoms with Gasteiger partial charge < -0.3 is 15.2 Å². The van der Waals surface area contributed by atoms with Crippen LogP contribution < -0.4 is 15.2 Å². The Morgan fingerprint density at radius 2 is 2.00 bits per heavy atom. The summed E-state index contributed by atoms with van der Waals surface area (Å²) in [5.41, 5.74) is 7.91. The highest BCUT2D eigenvalue weighted by Crippen LogP contribution is 2.33. The van der Waals surface area contributed by atoms with E-state index in [1.165, 1.54) is 24.5 Å². The predicted molar refractivity (Wildman–Crippen MR) is 125 cm³/mol. The number of pyridine rings is 1. The number of ether oxygens (including phenoxy) is 2. The summed E-state index contributed by atoms with van der Waals surface area (Å²) in [6, 6.07) is 4.59. The second kappa shape index (κ2) is 10.2. The van der Waals surface area contributed by atoms with Gasteiger partial charge in [0.1, 0.15) is 22.3 Å². The van der Waals surface area contributed by atoms with Gasteiger partial charge in [-0.05, 0) is 26.0 Å². The molecule has 0 aliphatic rings. The van der Waals surface area contributed by atoms with Crippen LogP contribution in [0.1, 0.15) is 25.6 Å². The van der Waals surface area contributed by atoms with E-state index in [2.05, 4.69) is 25.1 Å². The fourth-order valence-corrected chi connectivity index (χ4v) is 3.59. The first kappa shape index (κ1) is 24.3. The van der Waals surface area contributed by atoms with Crippen molar-refractivity contribution < 1.29 is 18.3 Å². The van der Waals surface area contributed by atoms with Crippen molar-refractivity contribution in [1.82, 2.24) is 34.5 Å². The monoisotopic (exact) mass is 504 g/mol. The highest BCUT2D eigenvalue weighted by Gasteiger charge is 2.20. The van der Waals surface area contributed by atoms with Crippen molar-refractivity contribution in [2.45, 2.75) is 32.9 Å². The van der Waals surface area contributed by atoms with Crippen LogP contribution in [0.2, 0.25) is 5.15 Å². The Bertz CT molecular complexity index is 1330. The molecule has 0 radical (unpaired) electrons. The molecular formula is C22H23ClF2N8O2. The Morgan fingerprint density at radius 1 is 1.20 bits per heavy atom. The molecule has 4 aromatic rings. The Labute approximate surface area is 204 Å². The summed E-state index contributed by atoms with van der Waals surface area (Å²) in [7, 11) is 1.77. The molecule has 2 N–H and O–H groups in total. The number of nitrogen functional groups attached to an aromatic ring is 1. The van der Waals surface area contributed by atoms with Crippen LogP contribution in [0.5, 0.6) is 11.6 Å². The molecule has 0 unspecified atom stereocenters. The molecule has 0 fully saturated rings. The van der Waals surface area contributed by atoms with Gasteiger partial charge in [0.2, 0.25) is 5.88 Å². The third-order valence-corrected chi connectivity index (χ3v) is 5.29. The van der Waals surface area contributed by atoms with E-state index >= 15 is 0 Å². The summed E-state index contributed by atoms with van der Waals surface area (Å²) in [6.45, 7) is 1.24. The molecule has 4 rings (SSSR count). The van der Waals surface area contributed by atoms with Crippen LogP contribution in [0.4, 0.5) is 14.6 Å². The van der Waals surface area contributed by atoms with Crippen LogP contribution in [0, 0.1) is 6.92 Å². The summed E-state index contributed by atoms with van der Waals surface area (Å²) >= 11 is 6.04. The minimum atomic E-state index is -2.75. The molecule has 1 atom stereocenters. The van der Waals surface area contributed by atoms with Crippen molar-refractivity contribution in [1.29, 1.82) is 0 Å². The molecule has 0 amide bonds. The Kier molecular flexibility index (Phi) is 7.10. The minimum Gasteiger partial charge on any atom is -0.490 e. The Morgan fingerprint density at radius 3 is 2.71 bits per heavy atom. The molecule has 184 valence electrons. The van der Waals surface area contributed by atoms with E-state index < -0.39 is 6.55 Å². The number of anilines is 1. The van der Waals surface area contributed by atoms with Gasteiger partial charge >= 0.3 is 6.55 Å². The van der Waals surface area contributed by atoms with Gasteiger partial charge in [0.05, 0.1) is 29.7 Å². The zero-order valence-corrected chi connectivity index (χ0v) is 19.9. The highest BCUT2D eigenvalue weighted by atomic mass is 35.5. The molecule has 0 saturated carbocycles. The van der Waals surface area contributed by atoms with E-state index in [-0.39, 0.29) is 11.3 Å². The second-order valence-corrected chi connectivity index (χ2v) is 8.11. The first-order valence-electron chi connectivity index (χ1n) is 10.6. The number of nitrogens with zero attached hydrogens (tertiary/aromatic N) is 7. The lowest BCUT2D eigenvalue weighted by Crippen LogP contribution is -2.17. The van der Waals surface area contributed by atoms with E-state index in [4.69, 9.17) is 26.8 Å². The van der Waals surface area contributed by atoms with Gasteiger partial charge in [-0.15, -0.1) is 0 Å². The lowest BCUT2D eigenvalue weighted by molar-refractivity contribution is 0.0568. The Hall–Kier alpha value is -3.80. The van der Waals surface area contributed by atoms with E-state index in [1.807, 2.05) is 13.8 Å². The van der Waals surface area contributed by atoms with Crippen LogP contribution in [0.3, 0.4) is 0 Å². The van der Waals surface area contributed by atoms with Gasteiger partial charge in [-0.3, -0.25) is 0 Å². The van der Waals surface area contributed by atoms with Gasteiger partial charge in [-0.1, -0.05) is 11.6 Å². The van der Waals surface area contributed by atoms with Gasteiger partial charge in [0.25, 0.3) is 0 Å². The number of aryl methyl sites for hydroxylation is 2. The average Bonchev–Trinajstić information content (AvgIpc) is 3.39. The van der Waals surface area contributed by atoms with Crippen LogP contribution in [0.25, 0.3) is 22.6 Å². The summed E-state index contributed by atoms with van der Waals surface area (Å²) in [4.78, 5) is 12.6. The van der Waals surface area contributed by atoms with E-state index in [0.717, 1.165) is 0 Å². The topological polar surface area (TPSA) is 119 Å². The fourth-order valence-electron chi connectivity index (χ4n) is 3.44. The lowest BCUT2D eigenvalue weighted by Gasteiger charge is -2.17. The molecule has 0 saturated heterocycles. The quantitative estimate of drug-likeness (QED) is 0.335. The van der Waals surface area contributed by atoms with Crippen molar-refractivity contribution in [2.75, 3.05) is 12.3 Å². The maximum atomic E-state index is 12.9. The van der Waals surface area contributed by atoms with Crippen molar-refractivity contribution in [3.8, 4) is 34.3 Å². The molecule has 35 heavy (non-hydrogen) atoms. The van der Waals surface area contributed by atoms with Crippen LogP contribution in [-0.4, -0.2) is 47.2 Å². The smallest absolute Gasteiger partial charge is 0.333 e. The SMILES string of the molecule is Cc1nn(C)c(OCC[C@H](C)Oc2cc(Cl)ncc2-c2ccn(C(F)F)n2)c1-c1nccc(N)n1. The van der Waals surface area contributed by atoms with Crippen molar-refractivity contribution in [2.24, 2.45) is 7.05 Å². The van der Waals surface area contributed by atoms with Crippen molar-refractivity contribution in [3.05, 3.63) is 47.6 Å². The molecule has 10 nitrogen and oxygen atoms in total. The zero-order chi connectivity index (χ0) is 25.1.